The number of aromatic nitrogens is 2. The van der Waals surface area contributed by atoms with Crippen molar-refractivity contribution in [2.75, 3.05) is 17.3 Å². The number of aryl methyl sites for hydroxylation is 3. The predicted octanol–water partition coefficient (Wildman–Crippen LogP) is 3.58. The van der Waals surface area contributed by atoms with Crippen LogP contribution in [-0.2, 0) is 21.2 Å². The van der Waals surface area contributed by atoms with Crippen LogP contribution in [0.25, 0.3) is 0 Å². The Labute approximate surface area is 180 Å². The molecule has 9 heteroatoms. The first-order valence-corrected chi connectivity index (χ1v) is 11.9. The van der Waals surface area contributed by atoms with Gasteiger partial charge in [-0.05, 0) is 56.4 Å². The van der Waals surface area contributed by atoms with Gasteiger partial charge in [-0.25, -0.2) is 13.1 Å². The van der Waals surface area contributed by atoms with E-state index in [1.807, 2.05) is 39.0 Å². The molecule has 3 rings (SSSR count). The highest BCUT2D eigenvalue weighted by molar-refractivity contribution is 7.99. The third-order valence-electron chi connectivity index (χ3n) is 4.67. The van der Waals surface area contributed by atoms with E-state index in [4.69, 9.17) is 5.73 Å². The number of hydrogen-bond donors (Lipinski definition) is 2. The van der Waals surface area contributed by atoms with Crippen molar-refractivity contribution >= 4 is 39.0 Å². The minimum atomic E-state index is -3.88. The summed E-state index contributed by atoms with van der Waals surface area (Å²) in [5.41, 5.74) is 9.75. The maximum absolute atomic E-state index is 13.2. The van der Waals surface area contributed by atoms with Crippen LogP contribution in [0.15, 0.2) is 57.3 Å². The van der Waals surface area contributed by atoms with E-state index < -0.39 is 9.84 Å². The third-order valence-corrected chi connectivity index (χ3v) is 7.30. The van der Waals surface area contributed by atoms with Crippen molar-refractivity contribution in [3.05, 3.63) is 59.2 Å². The Morgan fingerprint density at radius 2 is 1.73 bits per heavy atom. The number of rotatable bonds is 6. The van der Waals surface area contributed by atoms with Gasteiger partial charge in [0.15, 0.2) is 0 Å². The molecule has 0 atom stereocenters. The van der Waals surface area contributed by atoms with E-state index in [9.17, 15) is 13.2 Å². The average Bonchev–Trinajstić information content (AvgIpc) is 3.01. The molecule has 0 unspecified atom stereocenters. The monoisotopic (exact) mass is 444 g/mol. The van der Waals surface area contributed by atoms with E-state index in [0.29, 0.717) is 5.69 Å². The molecule has 0 fully saturated rings. The lowest BCUT2D eigenvalue weighted by molar-refractivity contribution is -0.116. The maximum atomic E-state index is 13.2. The summed E-state index contributed by atoms with van der Waals surface area (Å²) in [6, 6.07) is 12.3. The summed E-state index contributed by atoms with van der Waals surface area (Å²) < 4.78 is 27.6. The van der Waals surface area contributed by atoms with Gasteiger partial charge in [0.25, 0.3) is 0 Å². The van der Waals surface area contributed by atoms with Crippen molar-refractivity contribution < 1.29 is 13.2 Å². The van der Waals surface area contributed by atoms with Crippen molar-refractivity contribution in [2.45, 2.75) is 42.1 Å². The second-order valence-corrected chi connectivity index (χ2v) is 9.75. The smallest absolute Gasteiger partial charge is 0.246 e. The van der Waals surface area contributed by atoms with Crippen molar-refractivity contribution in [3.8, 4) is 0 Å². The summed E-state index contributed by atoms with van der Waals surface area (Å²) in [4.78, 5) is 12.6. The van der Waals surface area contributed by atoms with Gasteiger partial charge in [0.2, 0.25) is 15.7 Å². The molecule has 1 aromatic heterocycles. The molecule has 0 aliphatic heterocycles. The van der Waals surface area contributed by atoms with E-state index >= 15 is 0 Å². The van der Waals surface area contributed by atoms with Gasteiger partial charge in [-0.1, -0.05) is 29.8 Å². The molecule has 1 heterocycles. The first-order chi connectivity index (χ1) is 14.1. The summed E-state index contributed by atoms with van der Waals surface area (Å²) in [6.07, 6.45) is 1.72. The van der Waals surface area contributed by atoms with E-state index in [0.717, 1.165) is 16.7 Å². The molecule has 3 N–H and O–H groups in total. The van der Waals surface area contributed by atoms with Gasteiger partial charge >= 0.3 is 0 Å². The zero-order valence-corrected chi connectivity index (χ0v) is 18.9. The zero-order valence-electron chi connectivity index (χ0n) is 17.3. The Kier molecular flexibility index (Phi) is 6.23. The molecule has 0 spiro atoms. The van der Waals surface area contributed by atoms with Crippen LogP contribution < -0.4 is 11.1 Å². The van der Waals surface area contributed by atoms with Crippen LogP contribution >= 0.6 is 11.8 Å². The second-order valence-electron chi connectivity index (χ2n) is 7.06. The minimum absolute atomic E-state index is 0.0592. The minimum Gasteiger partial charge on any atom is -0.383 e. The molecule has 0 saturated heterocycles. The zero-order chi connectivity index (χ0) is 22.1. The van der Waals surface area contributed by atoms with Crippen molar-refractivity contribution in [2.24, 2.45) is 0 Å². The number of nitrogens with zero attached hydrogens (tertiary/aromatic N) is 2. The molecule has 0 bridgehead atoms. The fourth-order valence-electron chi connectivity index (χ4n) is 2.97. The van der Waals surface area contributed by atoms with Gasteiger partial charge in [-0.15, -0.1) is 11.8 Å². The van der Waals surface area contributed by atoms with Crippen molar-refractivity contribution in [3.63, 3.8) is 0 Å². The molecular formula is C21H24N4O3S2. The summed E-state index contributed by atoms with van der Waals surface area (Å²) >= 11 is 1.17. The topological polar surface area (TPSA) is 107 Å². The molecule has 0 radical (unpaired) electrons. The SMILES string of the molecule is CSc1nn(CC(=O)Nc2cc(C)ccc2C)c(N)c1S(=O)(=O)c1ccc(C)cc1. The summed E-state index contributed by atoms with van der Waals surface area (Å²) in [7, 11) is -3.88. The van der Waals surface area contributed by atoms with E-state index in [1.54, 1.807) is 30.5 Å². The normalized spacial score (nSPS) is 11.5. The molecule has 0 aliphatic rings. The van der Waals surface area contributed by atoms with Crippen LogP contribution in [-0.4, -0.2) is 30.4 Å². The highest BCUT2D eigenvalue weighted by Crippen LogP contribution is 2.34. The first-order valence-electron chi connectivity index (χ1n) is 9.22. The number of anilines is 2. The number of sulfone groups is 1. The molecule has 158 valence electrons. The van der Waals surface area contributed by atoms with Crippen LogP contribution in [0.5, 0.6) is 0 Å². The second kappa shape index (κ2) is 8.53. The number of nitrogens with one attached hydrogen (secondary N) is 1. The van der Waals surface area contributed by atoms with Crippen LogP contribution in [0.3, 0.4) is 0 Å². The highest BCUT2D eigenvalue weighted by Gasteiger charge is 2.29. The fourth-order valence-corrected chi connectivity index (χ4v) is 5.40. The largest absolute Gasteiger partial charge is 0.383 e. The highest BCUT2D eigenvalue weighted by atomic mass is 32.2. The van der Waals surface area contributed by atoms with Gasteiger partial charge in [0.1, 0.15) is 22.3 Å². The van der Waals surface area contributed by atoms with Crippen molar-refractivity contribution in [1.82, 2.24) is 9.78 Å². The molecule has 0 saturated carbocycles. The average molecular weight is 445 g/mol. The molecular weight excluding hydrogens is 420 g/mol. The van der Waals surface area contributed by atoms with Gasteiger partial charge in [-0.3, -0.25) is 4.79 Å². The van der Waals surface area contributed by atoms with Gasteiger partial charge in [0.05, 0.1) is 4.90 Å². The summed E-state index contributed by atoms with van der Waals surface area (Å²) in [6.45, 7) is 5.52. The lowest BCUT2D eigenvalue weighted by atomic mass is 10.1. The maximum Gasteiger partial charge on any atom is 0.246 e. The Hall–Kier alpha value is -2.78. The lowest BCUT2D eigenvalue weighted by Gasteiger charge is -2.10. The van der Waals surface area contributed by atoms with Crippen LogP contribution in [0, 0.1) is 20.8 Å². The number of amides is 1. The Morgan fingerprint density at radius 1 is 1.10 bits per heavy atom. The number of nitrogens with two attached hydrogens (primary N) is 1. The van der Waals surface area contributed by atoms with Gasteiger partial charge in [0, 0.05) is 5.69 Å². The molecule has 0 aliphatic carbocycles. The van der Waals surface area contributed by atoms with E-state index in [1.165, 1.54) is 16.4 Å². The molecule has 3 aromatic rings. The lowest BCUT2D eigenvalue weighted by Crippen LogP contribution is -2.21. The van der Waals surface area contributed by atoms with Crippen LogP contribution in [0.1, 0.15) is 16.7 Å². The van der Waals surface area contributed by atoms with Gasteiger partial charge in [-0.2, -0.15) is 5.10 Å². The number of hydrogen-bond acceptors (Lipinski definition) is 6. The molecule has 1 amide bonds. The molecule has 30 heavy (non-hydrogen) atoms. The number of carbonyl (C=O) groups excluding carboxylic acids is 1. The van der Waals surface area contributed by atoms with Gasteiger partial charge < -0.3 is 11.1 Å². The Morgan fingerprint density at radius 3 is 2.37 bits per heavy atom. The third kappa shape index (κ3) is 4.36. The summed E-state index contributed by atoms with van der Waals surface area (Å²) in [5.74, 6) is -0.402. The standard InChI is InChI=1S/C21H24N4O3S2/c1-13-6-9-16(10-7-13)30(27,28)19-20(22)25(24-21(19)29-4)12-18(26)23-17-11-14(2)5-8-15(17)3/h5-11H,12,22H2,1-4H3,(H,23,26). The van der Waals surface area contributed by atoms with Crippen LogP contribution in [0.4, 0.5) is 11.5 Å². The summed E-state index contributed by atoms with van der Waals surface area (Å²) in [5, 5.41) is 7.37. The number of carbonyl (C=O) groups is 1. The first kappa shape index (κ1) is 21.9. The molecule has 7 nitrogen and oxygen atoms in total. The van der Waals surface area contributed by atoms with E-state index in [-0.39, 0.29) is 33.1 Å². The quantitative estimate of drug-likeness (QED) is 0.563. The number of thioether (sulfide) groups is 1. The number of nitrogen functional groups attached to an aromatic ring is 1. The predicted molar refractivity (Wildman–Crippen MR) is 120 cm³/mol. The number of benzene rings is 2. The fraction of sp³-hybridized carbons (Fsp3) is 0.238. The van der Waals surface area contributed by atoms with Crippen LogP contribution in [0.2, 0.25) is 0 Å². The van der Waals surface area contributed by atoms with E-state index in [2.05, 4.69) is 10.4 Å². The van der Waals surface area contributed by atoms with Crippen molar-refractivity contribution in [1.29, 1.82) is 0 Å². The Bertz CT molecular complexity index is 1200. The Balaban J connectivity index is 1.92. The molecule has 2 aromatic carbocycles.